The molecule has 1 aromatic rings. The number of aromatic nitrogens is 1. The summed E-state index contributed by atoms with van der Waals surface area (Å²) < 4.78 is 0. The van der Waals surface area contributed by atoms with Crippen molar-refractivity contribution in [3.63, 3.8) is 0 Å². The van der Waals surface area contributed by atoms with Gasteiger partial charge in [-0.1, -0.05) is 19.3 Å². The maximum Gasteiger partial charge on any atom is 0.0959 e. The molecule has 0 bridgehead atoms. The minimum atomic E-state index is 0.749. The van der Waals surface area contributed by atoms with Crippen molar-refractivity contribution in [1.29, 1.82) is 0 Å². The van der Waals surface area contributed by atoms with Crippen molar-refractivity contribution in [3.8, 4) is 0 Å². The Morgan fingerprint density at radius 3 is 2.67 bits per heavy atom. The lowest BCUT2D eigenvalue weighted by Crippen LogP contribution is -2.03. The van der Waals surface area contributed by atoms with Crippen LogP contribution in [-0.4, -0.2) is 4.98 Å². The summed E-state index contributed by atoms with van der Waals surface area (Å²) in [4.78, 5) is 4.44. The first kappa shape index (κ1) is 8.24. The van der Waals surface area contributed by atoms with Gasteiger partial charge >= 0.3 is 0 Å². The lowest BCUT2D eigenvalue weighted by molar-refractivity contribution is 0.442. The van der Waals surface area contributed by atoms with Crippen LogP contribution in [0.25, 0.3) is 0 Å². The van der Waals surface area contributed by atoms with Gasteiger partial charge in [-0.25, -0.2) is 4.98 Å². The Balaban J connectivity index is 2.08. The maximum atomic E-state index is 4.44. The van der Waals surface area contributed by atoms with Crippen molar-refractivity contribution < 1.29 is 0 Å². The van der Waals surface area contributed by atoms with Crippen LogP contribution in [0, 0.1) is 6.92 Å². The van der Waals surface area contributed by atoms with E-state index in [1.807, 2.05) is 0 Å². The number of hydrogen-bond donors (Lipinski definition) is 0. The molecule has 65 valence electrons. The van der Waals surface area contributed by atoms with Crippen LogP contribution in [0.3, 0.4) is 0 Å². The van der Waals surface area contributed by atoms with Crippen LogP contribution in [0.15, 0.2) is 5.38 Å². The molecule has 1 aliphatic carbocycles. The van der Waals surface area contributed by atoms with Gasteiger partial charge in [0.25, 0.3) is 0 Å². The fraction of sp³-hybridized carbons (Fsp3) is 0.600. The largest absolute Gasteiger partial charge is 0.246 e. The molecular weight excluding hydrogens is 166 g/mol. The van der Waals surface area contributed by atoms with E-state index in [0.717, 1.165) is 11.6 Å². The Labute approximate surface area is 77.8 Å². The van der Waals surface area contributed by atoms with Crippen molar-refractivity contribution in [1.82, 2.24) is 4.98 Å². The van der Waals surface area contributed by atoms with E-state index < -0.39 is 0 Å². The normalized spacial score (nSPS) is 19.8. The van der Waals surface area contributed by atoms with E-state index in [-0.39, 0.29) is 0 Å². The number of thiazole rings is 1. The Morgan fingerprint density at radius 1 is 1.33 bits per heavy atom. The molecule has 0 aliphatic heterocycles. The second kappa shape index (κ2) is 3.56. The van der Waals surface area contributed by atoms with Crippen molar-refractivity contribution in [2.45, 2.75) is 38.0 Å². The van der Waals surface area contributed by atoms with Crippen LogP contribution >= 0.6 is 11.3 Å². The molecule has 0 N–H and O–H groups in total. The van der Waals surface area contributed by atoms with Gasteiger partial charge in [-0.15, -0.1) is 11.3 Å². The molecule has 1 radical (unpaired) electrons. The lowest BCUT2D eigenvalue weighted by atomic mass is 9.90. The van der Waals surface area contributed by atoms with E-state index in [2.05, 4.69) is 17.3 Å². The average molecular weight is 180 g/mol. The van der Waals surface area contributed by atoms with Gasteiger partial charge in [0.2, 0.25) is 0 Å². The molecule has 1 nitrogen and oxygen atoms in total. The highest BCUT2D eigenvalue weighted by Crippen LogP contribution is 2.33. The summed E-state index contributed by atoms with van der Waals surface area (Å²) in [5.41, 5.74) is 0.945. The SMILES string of the molecule is [CH2]c1csc(C2CCCCC2)n1. The predicted octanol–water partition coefficient (Wildman–Crippen LogP) is 3.37. The summed E-state index contributed by atoms with van der Waals surface area (Å²) in [7, 11) is 0. The van der Waals surface area contributed by atoms with Crippen LogP contribution in [-0.2, 0) is 0 Å². The molecule has 0 saturated heterocycles. The fourth-order valence-corrected chi connectivity index (χ4v) is 2.77. The molecule has 0 atom stereocenters. The number of nitrogens with zero attached hydrogens (tertiary/aromatic N) is 1. The summed E-state index contributed by atoms with van der Waals surface area (Å²) in [6.45, 7) is 3.84. The van der Waals surface area contributed by atoms with Crippen molar-refractivity contribution >= 4 is 11.3 Å². The quantitative estimate of drug-likeness (QED) is 0.645. The molecule has 1 aliphatic rings. The van der Waals surface area contributed by atoms with Crippen LogP contribution in [0.1, 0.15) is 48.7 Å². The van der Waals surface area contributed by atoms with Crippen LogP contribution in [0.5, 0.6) is 0 Å². The second-order valence-corrected chi connectivity index (χ2v) is 4.40. The molecule has 0 aromatic carbocycles. The molecule has 0 spiro atoms. The highest BCUT2D eigenvalue weighted by atomic mass is 32.1. The monoisotopic (exact) mass is 180 g/mol. The van der Waals surface area contributed by atoms with Gasteiger partial charge in [0.05, 0.1) is 10.7 Å². The van der Waals surface area contributed by atoms with E-state index >= 15 is 0 Å². The Hall–Kier alpha value is -0.370. The number of hydrogen-bond acceptors (Lipinski definition) is 2. The second-order valence-electron chi connectivity index (χ2n) is 3.51. The third-order valence-corrected chi connectivity index (χ3v) is 3.58. The minimum Gasteiger partial charge on any atom is -0.246 e. The molecule has 1 saturated carbocycles. The van der Waals surface area contributed by atoms with Crippen LogP contribution < -0.4 is 0 Å². The first-order chi connectivity index (χ1) is 5.86. The molecule has 0 unspecified atom stereocenters. The molecule has 1 heterocycles. The van der Waals surface area contributed by atoms with Gasteiger partial charge in [-0.3, -0.25) is 0 Å². The predicted molar refractivity (Wildman–Crippen MR) is 52.4 cm³/mol. The lowest BCUT2D eigenvalue weighted by Gasteiger charge is -2.18. The Bertz CT molecular complexity index is 248. The molecule has 1 aromatic heterocycles. The van der Waals surface area contributed by atoms with E-state index in [9.17, 15) is 0 Å². The standard InChI is InChI=1S/C10H14NS/c1-8-7-12-10(11-8)9-5-3-2-4-6-9/h7,9H,1-6H2. The number of rotatable bonds is 1. The van der Waals surface area contributed by atoms with Crippen molar-refractivity contribution in [2.24, 2.45) is 0 Å². The van der Waals surface area contributed by atoms with Gasteiger partial charge in [-0.2, -0.15) is 0 Å². The molecule has 1 fully saturated rings. The topological polar surface area (TPSA) is 12.9 Å². The van der Waals surface area contributed by atoms with E-state index in [1.165, 1.54) is 37.1 Å². The highest BCUT2D eigenvalue weighted by Gasteiger charge is 2.17. The third-order valence-electron chi connectivity index (χ3n) is 2.52. The zero-order valence-corrected chi connectivity index (χ0v) is 8.07. The highest BCUT2D eigenvalue weighted by molar-refractivity contribution is 7.09. The van der Waals surface area contributed by atoms with Gasteiger partial charge in [0.15, 0.2) is 0 Å². The zero-order chi connectivity index (χ0) is 8.39. The van der Waals surface area contributed by atoms with Gasteiger partial charge in [-0.05, 0) is 19.8 Å². The summed E-state index contributed by atoms with van der Waals surface area (Å²) in [5.74, 6) is 0.749. The molecule has 2 heteroatoms. The van der Waals surface area contributed by atoms with Gasteiger partial charge < -0.3 is 0 Å². The van der Waals surface area contributed by atoms with Crippen LogP contribution in [0.4, 0.5) is 0 Å². The van der Waals surface area contributed by atoms with E-state index in [1.54, 1.807) is 11.3 Å². The average Bonchev–Trinajstić information content (AvgIpc) is 2.54. The first-order valence-corrected chi connectivity index (χ1v) is 5.51. The Kier molecular flexibility index (Phi) is 2.45. The fourth-order valence-electron chi connectivity index (χ4n) is 1.86. The molecule has 0 amide bonds. The van der Waals surface area contributed by atoms with E-state index in [0.29, 0.717) is 0 Å². The third kappa shape index (κ3) is 1.69. The van der Waals surface area contributed by atoms with E-state index in [4.69, 9.17) is 0 Å². The summed E-state index contributed by atoms with van der Waals surface area (Å²) >= 11 is 1.78. The van der Waals surface area contributed by atoms with Gasteiger partial charge in [0, 0.05) is 11.3 Å². The Morgan fingerprint density at radius 2 is 2.08 bits per heavy atom. The molecule has 2 rings (SSSR count). The van der Waals surface area contributed by atoms with Crippen LogP contribution in [0.2, 0.25) is 0 Å². The molecule has 12 heavy (non-hydrogen) atoms. The smallest absolute Gasteiger partial charge is 0.0959 e. The molecular formula is C10H14NS. The van der Waals surface area contributed by atoms with Crippen molar-refractivity contribution in [2.75, 3.05) is 0 Å². The summed E-state index contributed by atoms with van der Waals surface area (Å²) in [5, 5.41) is 3.38. The zero-order valence-electron chi connectivity index (χ0n) is 7.25. The van der Waals surface area contributed by atoms with Gasteiger partial charge in [0.1, 0.15) is 0 Å². The summed E-state index contributed by atoms with van der Waals surface area (Å²) in [6.07, 6.45) is 6.87. The minimum absolute atomic E-state index is 0.749. The first-order valence-electron chi connectivity index (χ1n) is 4.63. The maximum absolute atomic E-state index is 4.44. The van der Waals surface area contributed by atoms with Crippen molar-refractivity contribution in [3.05, 3.63) is 23.0 Å². The summed E-state index contributed by atoms with van der Waals surface area (Å²) in [6, 6.07) is 0.